The minimum absolute atomic E-state index is 0.0804. The number of hydrogen-bond donors (Lipinski definition) is 1. The Morgan fingerprint density at radius 3 is 2.67 bits per heavy atom. The van der Waals surface area contributed by atoms with E-state index in [2.05, 4.69) is 5.32 Å². The highest BCUT2D eigenvalue weighted by molar-refractivity contribution is 8.00. The van der Waals surface area contributed by atoms with Crippen molar-refractivity contribution < 1.29 is 9.18 Å². The number of hydrogen-bond acceptors (Lipinski definition) is 3. The van der Waals surface area contributed by atoms with E-state index >= 15 is 0 Å². The van der Waals surface area contributed by atoms with E-state index in [-0.39, 0.29) is 23.5 Å². The number of nitrogens with one attached hydrogen (secondary N) is 1. The van der Waals surface area contributed by atoms with Crippen molar-refractivity contribution >= 4 is 29.3 Å². The van der Waals surface area contributed by atoms with Gasteiger partial charge in [0.25, 0.3) is 0 Å². The highest BCUT2D eigenvalue weighted by atomic mass is 35.5. The van der Waals surface area contributed by atoms with E-state index in [0.717, 1.165) is 10.5 Å². The summed E-state index contributed by atoms with van der Waals surface area (Å²) in [7, 11) is 3.81. The first kappa shape index (κ1) is 18.8. The molecule has 0 spiro atoms. The van der Waals surface area contributed by atoms with Crippen molar-refractivity contribution in [3.8, 4) is 0 Å². The summed E-state index contributed by atoms with van der Waals surface area (Å²) in [6, 6.07) is 13.8. The number of halogens is 2. The van der Waals surface area contributed by atoms with Crippen LogP contribution < -0.4 is 5.32 Å². The fraction of sp³-hybridized carbons (Fsp3) is 0.278. The van der Waals surface area contributed by atoms with Gasteiger partial charge in [-0.25, -0.2) is 4.39 Å². The van der Waals surface area contributed by atoms with Gasteiger partial charge in [0.1, 0.15) is 5.82 Å². The Bertz CT molecular complexity index is 696. The second-order valence-corrected chi connectivity index (χ2v) is 6.98. The number of rotatable bonds is 7. The van der Waals surface area contributed by atoms with Crippen molar-refractivity contribution in [2.75, 3.05) is 26.4 Å². The Hall–Kier alpha value is -1.56. The fourth-order valence-electron chi connectivity index (χ4n) is 2.28. The van der Waals surface area contributed by atoms with E-state index < -0.39 is 0 Å². The number of nitrogens with zero attached hydrogens (tertiary/aromatic N) is 1. The largest absolute Gasteiger partial charge is 0.353 e. The number of likely N-dealkylation sites (N-methyl/N-ethyl adjacent to an activating group) is 1. The van der Waals surface area contributed by atoms with E-state index in [9.17, 15) is 9.18 Å². The molecule has 1 N–H and O–H groups in total. The molecule has 0 saturated carbocycles. The molecule has 1 unspecified atom stereocenters. The van der Waals surface area contributed by atoms with Crippen LogP contribution in [0.3, 0.4) is 0 Å². The molecule has 1 amide bonds. The van der Waals surface area contributed by atoms with Crippen LogP contribution in [0.2, 0.25) is 5.02 Å². The van der Waals surface area contributed by atoms with Gasteiger partial charge in [-0.05, 0) is 43.9 Å². The molecular formula is C18H20ClFN2OS. The molecule has 0 aromatic heterocycles. The standard InChI is InChI=1S/C18H20ClFN2OS/c1-22(2)16(13-6-5-7-14(20)10-13)11-21-18(23)12-24-17-9-4-3-8-15(17)19/h3-10,16H,11-12H2,1-2H3,(H,21,23). The van der Waals surface area contributed by atoms with Gasteiger partial charge >= 0.3 is 0 Å². The molecule has 6 heteroatoms. The highest BCUT2D eigenvalue weighted by Crippen LogP contribution is 2.26. The zero-order chi connectivity index (χ0) is 17.5. The van der Waals surface area contributed by atoms with Crippen molar-refractivity contribution in [3.63, 3.8) is 0 Å². The summed E-state index contributed by atoms with van der Waals surface area (Å²) in [5, 5.41) is 3.54. The third kappa shape index (κ3) is 5.51. The Balaban J connectivity index is 1.90. The fourth-order valence-corrected chi connectivity index (χ4v) is 3.35. The minimum atomic E-state index is -0.278. The van der Waals surface area contributed by atoms with Crippen LogP contribution in [0, 0.1) is 5.82 Å². The van der Waals surface area contributed by atoms with Gasteiger partial charge in [0.15, 0.2) is 0 Å². The molecule has 1 atom stereocenters. The summed E-state index contributed by atoms with van der Waals surface area (Å²) in [4.78, 5) is 14.9. The van der Waals surface area contributed by atoms with E-state index in [4.69, 9.17) is 11.6 Å². The Morgan fingerprint density at radius 1 is 1.25 bits per heavy atom. The number of carbonyl (C=O) groups is 1. The molecule has 0 aliphatic heterocycles. The van der Waals surface area contributed by atoms with Crippen LogP contribution in [0.5, 0.6) is 0 Å². The Morgan fingerprint density at radius 2 is 2.00 bits per heavy atom. The van der Waals surface area contributed by atoms with Gasteiger partial charge in [0, 0.05) is 11.4 Å². The molecule has 0 fully saturated rings. The van der Waals surface area contributed by atoms with Gasteiger partial charge in [-0.1, -0.05) is 35.9 Å². The molecule has 0 heterocycles. The van der Waals surface area contributed by atoms with Crippen molar-refractivity contribution in [3.05, 3.63) is 64.9 Å². The third-order valence-corrected chi connectivity index (χ3v) is 5.06. The summed E-state index contributed by atoms with van der Waals surface area (Å²) >= 11 is 7.47. The van der Waals surface area contributed by atoms with Crippen LogP contribution in [0.1, 0.15) is 11.6 Å². The summed E-state index contributed by atoms with van der Waals surface area (Å²) in [6.07, 6.45) is 0. The molecule has 0 aliphatic carbocycles. The van der Waals surface area contributed by atoms with Gasteiger partial charge in [0.05, 0.1) is 16.8 Å². The van der Waals surface area contributed by atoms with Crippen LogP contribution in [-0.2, 0) is 4.79 Å². The maximum absolute atomic E-state index is 13.4. The monoisotopic (exact) mass is 366 g/mol. The van der Waals surface area contributed by atoms with E-state index in [0.29, 0.717) is 11.6 Å². The average molecular weight is 367 g/mol. The van der Waals surface area contributed by atoms with Gasteiger partial charge in [-0.2, -0.15) is 0 Å². The molecule has 0 aliphatic rings. The summed E-state index contributed by atoms with van der Waals surface area (Å²) < 4.78 is 13.4. The maximum atomic E-state index is 13.4. The van der Waals surface area contributed by atoms with Gasteiger partial charge < -0.3 is 10.2 Å². The number of benzene rings is 2. The lowest BCUT2D eigenvalue weighted by atomic mass is 10.1. The average Bonchev–Trinajstić information content (AvgIpc) is 2.54. The van der Waals surface area contributed by atoms with E-state index in [1.54, 1.807) is 12.1 Å². The molecule has 0 radical (unpaired) electrons. The SMILES string of the molecule is CN(C)C(CNC(=O)CSc1ccccc1Cl)c1cccc(F)c1. The zero-order valence-corrected chi connectivity index (χ0v) is 15.2. The van der Waals surface area contributed by atoms with E-state index in [1.165, 1.54) is 23.9 Å². The van der Waals surface area contributed by atoms with Crippen molar-refractivity contribution in [2.24, 2.45) is 0 Å². The number of carbonyl (C=O) groups excluding carboxylic acids is 1. The lowest BCUT2D eigenvalue weighted by Crippen LogP contribution is -2.35. The maximum Gasteiger partial charge on any atom is 0.230 e. The molecule has 128 valence electrons. The third-order valence-electron chi connectivity index (χ3n) is 3.54. The molecule has 2 rings (SSSR count). The van der Waals surface area contributed by atoms with Gasteiger partial charge in [-0.3, -0.25) is 4.79 Å². The van der Waals surface area contributed by atoms with Crippen LogP contribution in [0.4, 0.5) is 4.39 Å². The van der Waals surface area contributed by atoms with Crippen LogP contribution in [0.15, 0.2) is 53.4 Å². The smallest absolute Gasteiger partial charge is 0.230 e. The summed E-state index contributed by atoms with van der Waals surface area (Å²) in [6.45, 7) is 0.415. The highest BCUT2D eigenvalue weighted by Gasteiger charge is 2.16. The second-order valence-electron chi connectivity index (χ2n) is 5.56. The minimum Gasteiger partial charge on any atom is -0.353 e. The first-order chi connectivity index (χ1) is 11.5. The van der Waals surface area contributed by atoms with Crippen molar-refractivity contribution in [2.45, 2.75) is 10.9 Å². The van der Waals surface area contributed by atoms with Crippen LogP contribution in [0.25, 0.3) is 0 Å². The first-order valence-corrected chi connectivity index (χ1v) is 8.89. The lowest BCUT2D eigenvalue weighted by Gasteiger charge is -2.25. The van der Waals surface area contributed by atoms with Gasteiger partial charge in [-0.15, -0.1) is 11.8 Å². The Labute approximate surface area is 151 Å². The summed E-state index contributed by atoms with van der Waals surface area (Å²) in [5.74, 6) is -0.0735. The molecule has 3 nitrogen and oxygen atoms in total. The first-order valence-electron chi connectivity index (χ1n) is 7.53. The Kier molecular flexibility index (Phi) is 7.09. The molecule has 0 saturated heterocycles. The van der Waals surface area contributed by atoms with Gasteiger partial charge in [0.2, 0.25) is 5.91 Å². The number of amides is 1. The van der Waals surface area contributed by atoms with Crippen LogP contribution >= 0.6 is 23.4 Å². The van der Waals surface area contributed by atoms with E-state index in [1.807, 2.05) is 43.3 Å². The van der Waals surface area contributed by atoms with Crippen molar-refractivity contribution in [1.82, 2.24) is 10.2 Å². The lowest BCUT2D eigenvalue weighted by molar-refractivity contribution is -0.118. The summed E-state index contributed by atoms with van der Waals surface area (Å²) in [5.41, 5.74) is 0.832. The topological polar surface area (TPSA) is 32.3 Å². The molecule has 2 aromatic carbocycles. The predicted octanol–water partition coefficient (Wildman–Crippen LogP) is 3.99. The molecule has 24 heavy (non-hydrogen) atoms. The quantitative estimate of drug-likeness (QED) is 0.752. The van der Waals surface area contributed by atoms with Crippen LogP contribution in [-0.4, -0.2) is 37.2 Å². The second kappa shape index (κ2) is 9.06. The zero-order valence-electron chi connectivity index (χ0n) is 13.6. The molecule has 0 bridgehead atoms. The predicted molar refractivity (Wildman–Crippen MR) is 98.0 cm³/mol. The van der Waals surface area contributed by atoms with Crippen molar-refractivity contribution in [1.29, 1.82) is 0 Å². The molecular weight excluding hydrogens is 347 g/mol. The molecule has 2 aromatic rings. The number of thioether (sulfide) groups is 1. The normalized spacial score (nSPS) is 12.2.